The van der Waals surface area contributed by atoms with Gasteiger partial charge in [0.2, 0.25) is 0 Å². The second-order valence-corrected chi connectivity index (χ2v) is 9.30. The van der Waals surface area contributed by atoms with Crippen LogP contribution >= 0.6 is 11.3 Å². The molecule has 36 heavy (non-hydrogen) atoms. The van der Waals surface area contributed by atoms with Crippen LogP contribution in [-0.2, 0) is 24.0 Å². The molecule has 1 fully saturated rings. The SMILES string of the molecule is C=CC(C(=O)O)C1=C(C(C=C)C(=O)O)C(C)(C)N2C[C@H](NC(=O)/C(=N\OC)c3csc(N)n3)C(=O)N12. The maximum absolute atomic E-state index is 13.5. The zero-order valence-corrected chi connectivity index (χ0v) is 20.6. The molecule has 5 N–H and O–H groups in total. The lowest BCUT2D eigenvalue weighted by Gasteiger charge is -2.34. The number of nitrogen functional groups attached to an aromatic ring is 1. The van der Waals surface area contributed by atoms with Gasteiger partial charge in [0.05, 0.1) is 17.2 Å². The first-order valence-corrected chi connectivity index (χ1v) is 11.5. The first-order chi connectivity index (χ1) is 16.9. The third-order valence-corrected chi connectivity index (χ3v) is 6.66. The van der Waals surface area contributed by atoms with Gasteiger partial charge in [0.15, 0.2) is 10.8 Å². The number of aliphatic carboxylic acids is 2. The van der Waals surface area contributed by atoms with Crippen LogP contribution in [-0.4, -0.2) is 79.9 Å². The topological polar surface area (TPSA) is 188 Å². The summed E-state index contributed by atoms with van der Waals surface area (Å²) >= 11 is 1.09. The lowest BCUT2D eigenvalue weighted by atomic mass is 9.80. The summed E-state index contributed by atoms with van der Waals surface area (Å²) in [4.78, 5) is 59.4. The quantitative estimate of drug-likeness (QED) is 0.192. The largest absolute Gasteiger partial charge is 0.481 e. The summed E-state index contributed by atoms with van der Waals surface area (Å²) in [5.74, 6) is -6.65. The van der Waals surface area contributed by atoms with Gasteiger partial charge < -0.3 is 26.1 Å². The number of fused-ring (bicyclic) bond motifs is 1. The van der Waals surface area contributed by atoms with Crippen molar-refractivity contribution in [2.24, 2.45) is 17.0 Å². The fraction of sp³-hybridized carbons (Fsp3) is 0.364. The van der Waals surface area contributed by atoms with Gasteiger partial charge in [-0.25, -0.2) is 15.0 Å². The number of anilines is 1. The Morgan fingerprint density at radius 1 is 1.31 bits per heavy atom. The number of carboxylic acids is 2. The average molecular weight is 519 g/mol. The summed E-state index contributed by atoms with van der Waals surface area (Å²) in [6.45, 7) is 10.4. The highest BCUT2D eigenvalue weighted by molar-refractivity contribution is 7.13. The minimum absolute atomic E-state index is 0.0467. The van der Waals surface area contributed by atoms with E-state index in [1.54, 1.807) is 13.8 Å². The molecule has 0 aromatic carbocycles. The van der Waals surface area contributed by atoms with E-state index in [-0.39, 0.29) is 34.4 Å². The lowest BCUT2D eigenvalue weighted by Crippen LogP contribution is -2.48. The van der Waals surface area contributed by atoms with Crippen molar-refractivity contribution in [3.05, 3.63) is 47.7 Å². The second-order valence-electron chi connectivity index (χ2n) is 8.41. The Morgan fingerprint density at radius 3 is 2.39 bits per heavy atom. The van der Waals surface area contributed by atoms with Crippen LogP contribution in [0.1, 0.15) is 19.5 Å². The fourth-order valence-corrected chi connectivity index (χ4v) is 4.98. The van der Waals surface area contributed by atoms with Crippen molar-refractivity contribution in [2.45, 2.75) is 25.4 Å². The molecule has 2 aliphatic heterocycles. The zero-order valence-electron chi connectivity index (χ0n) is 19.8. The molecular formula is C22H26N6O7S. The number of nitrogens with one attached hydrogen (secondary N) is 1. The minimum Gasteiger partial charge on any atom is -0.481 e. The maximum atomic E-state index is 13.5. The standard InChI is InChI=1S/C22H26N6O7S/c1-6-10(19(31)32)14-16(11(7-2)20(33)34)28-18(30)12(8-27(28)22(14,3)4)24-17(29)15(26-35-5)13-9-36-21(23)25-13/h6-7,9-12H,1-2,8H2,3-5H3,(H2,23,25)(H,24,29)(H,31,32)(H,33,34)/b26-15-/t10?,11?,12-/m0/s1. The number of thiazole rings is 1. The average Bonchev–Trinajstić information content (AvgIpc) is 3.42. The van der Waals surface area contributed by atoms with Crippen LogP contribution < -0.4 is 11.1 Å². The van der Waals surface area contributed by atoms with Crippen molar-refractivity contribution in [1.29, 1.82) is 0 Å². The molecule has 0 spiro atoms. The van der Waals surface area contributed by atoms with Crippen molar-refractivity contribution in [3.63, 3.8) is 0 Å². The molecule has 0 bridgehead atoms. The van der Waals surface area contributed by atoms with Crippen LogP contribution in [0.5, 0.6) is 0 Å². The summed E-state index contributed by atoms with van der Waals surface area (Å²) in [7, 11) is 1.24. The summed E-state index contributed by atoms with van der Waals surface area (Å²) in [6, 6.07) is -1.11. The van der Waals surface area contributed by atoms with Crippen LogP contribution in [0.3, 0.4) is 0 Å². The third-order valence-electron chi connectivity index (χ3n) is 5.99. The van der Waals surface area contributed by atoms with Gasteiger partial charge >= 0.3 is 11.9 Å². The number of amides is 2. The second kappa shape index (κ2) is 9.91. The Balaban J connectivity index is 2.04. The van der Waals surface area contributed by atoms with Gasteiger partial charge in [-0.05, 0) is 19.4 Å². The van der Waals surface area contributed by atoms with E-state index in [4.69, 9.17) is 10.6 Å². The van der Waals surface area contributed by atoms with Gasteiger partial charge in [-0.1, -0.05) is 17.3 Å². The predicted octanol–water partition coefficient (Wildman–Crippen LogP) is 0.440. The number of rotatable bonds is 10. The maximum Gasteiger partial charge on any atom is 0.316 e. The zero-order chi connectivity index (χ0) is 26.9. The number of aromatic nitrogens is 1. The molecule has 0 aliphatic carbocycles. The Kier molecular flexibility index (Phi) is 7.31. The van der Waals surface area contributed by atoms with Crippen LogP contribution in [0.15, 0.2) is 47.1 Å². The molecule has 192 valence electrons. The lowest BCUT2D eigenvalue weighted by molar-refractivity contribution is -0.143. The van der Waals surface area contributed by atoms with Crippen molar-refractivity contribution < 1.29 is 34.2 Å². The number of carbonyl (C=O) groups is 4. The number of oxime groups is 1. The Morgan fingerprint density at radius 2 is 1.92 bits per heavy atom. The summed E-state index contributed by atoms with van der Waals surface area (Å²) < 4.78 is 0. The molecule has 13 nitrogen and oxygen atoms in total. The monoisotopic (exact) mass is 518 g/mol. The number of nitrogens with zero attached hydrogens (tertiary/aromatic N) is 4. The molecule has 2 unspecified atom stereocenters. The minimum atomic E-state index is -1.40. The van der Waals surface area contributed by atoms with E-state index in [0.717, 1.165) is 22.4 Å². The van der Waals surface area contributed by atoms with E-state index in [9.17, 15) is 29.4 Å². The highest BCUT2D eigenvalue weighted by Crippen LogP contribution is 2.47. The van der Waals surface area contributed by atoms with E-state index in [1.807, 2.05) is 0 Å². The molecule has 2 aliphatic rings. The molecule has 2 amide bonds. The summed E-state index contributed by atoms with van der Waals surface area (Å²) in [5, 5.41) is 30.3. The first-order valence-electron chi connectivity index (χ1n) is 10.6. The number of hydrazine groups is 1. The highest BCUT2D eigenvalue weighted by Gasteiger charge is 2.58. The molecule has 3 atom stereocenters. The molecule has 0 radical (unpaired) electrons. The number of nitrogens with two attached hydrogens (primary N) is 1. The van der Waals surface area contributed by atoms with Gasteiger partial charge in [-0.2, -0.15) is 0 Å². The van der Waals surface area contributed by atoms with E-state index in [1.165, 1.54) is 23.6 Å². The van der Waals surface area contributed by atoms with E-state index >= 15 is 0 Å². The van der Waals surface area contributed by atoms with Gasteiger partial charge in [0, 0.05) is 11.9 Å². The molecule has 1 aromatic rings. The number of hydrogen-bond donors (Lipinski definition) is 4. The first kappa shape index (κ1) is 26.6. The van der Waals surface area contributed by atoms with Crippen LogP contribution in [0, 0.1) is 11.8 Å². The van der Waals surface area contributed by atoms with Gasteiger partial charge in [0.25, 0.3) is 11.8 Å². The van der Waals surface area contributed by atoms with Gasteiger partial charge in [0.1, 0.15) is 24.8 Å². The Bertz CT molecular complexity index is 1200. The summed E-state index contributed by atoms with van der Waals surface area (Å²) in [5.41, 5.74) is 4.61. The molecule has 0 saturated carbocycles. The van der Waals surface area contributed by atoms with Gasteiger partial charge in [-0.15, -0.1) is 24.5 Å². The Labute approximate surface area is 210 Å². The molecular weight excluding hydrogens is 492 g/mol. The summed E-state index contributed by atoms with van der Waals surface area (Å²) in [6.07, 6.45) is 2.30. The van der Waals surface area contributed by atoms with E-state index < -0.39 is 47.2 Å². The smallest absolute Gasteiger partial charge is 0.316 e. The van der Waals surface area contributed by atoms with Gasteiger partial charge in [-0.3, -0.25) is 19.2 Å². The van der Waals surface area contributed by atoms with Crippen LogP contribution in [0.4, 0.5) is 5.13 Å². The van der Waals surface area contributed by atoms with Crippen molar-refractivity contribution in [1.82, 2.24) is 20.3 Å². The molecule has 1 saturated heterocycles. The normalized spacial score (nSPS) is 21.1. The predicted molar refractivity (Wildman–Crippen MR) is 129 cm³/mol. The molecule has 3 heterocycles. The van der Waals surface area contributed by atoms with Crippen molar-refractivity contribution in [2.75, 3.05) is 19.4 Å². The number of carboxylic acid groups (broad SMARTS) is 2. The van der Waals surface area contributed by atoms with Crippen LogP contribution in [0.2, 0.25) is 0 Å². The molecule has 14 heteroatoms. The highest BCUT2D eigenvalue weighted by atomic mass is 32.1. The van der Waals surface area contributed by atoms with E-state index in [0.29, 0.717) is 0 Å². The molecule has 1 aromatic heterocycles. The number of carbonyl (C=O) groups excluding carboxylic acids is 2. The molecule has 3 rings (SSSR count). The van der Waals surface area contributed by atoms with Crippen molar-refractivity contribution in [3.8, 4) is 0 Å². The number of hydrogen-bond acceptors (Lipinski definition) is 10. The van der Waals surface area contributed by atoms with Crippen LogP contribution in [0.25, 0.3) is 0 Å². The Hall–Kier alpha value is -4.04. The fourth-order valence-electron chi connectivity index (χ4n) is 4.43. The van der Waals surface area contributed by atoms with E-state index in [2.05, 4.69) is 28.6 Å². The third kappa shape index (κ3) is 4.35. The van der Waals surface area contributed by atoms with Crippen molar-refractivity contribution >= 4 is 45.9 Å².